The van der Waals surface area contributed by atoms with Crippen molar-refractivity contribution in [3.05, 3.63) is 27.8 Å². The van der Waals surface area contributed by atoms with Gasteiger partial charge in [-0.05, 0) is 42.9 Å². The Hall–Kier alpha value is -0.730. The molecule has 2 nitrogen and oxygen atoms in total. The van der Waals surface area contributed by atoms with E-state index in [1.807, 2.05) is 13.0 Å². The Bertz CT molecular complexity index is 459. The topological polar surface area (TPSA) is 46.2 Å². The van der Waals surface area contributed by atoms with Crippen LogP contribution >= 0.6 is 11.6 Å². The summed E-state index contributed by atoms with van der Waals surface area (Å²) in [4.78, 5) is 0. The predicted molar refractivity (Wildman–Crippen MR) is 76.5 cm³/mol. The molecule has 0 unspecified atom stereocenters. The molecule has 0 aromatic heterocycles. The van der Waals surface area contributed by atoms with Crippen LogP contribution in [0.3, 0.4) is 0 Å². The third-order valence-corrected chi connectivity index (χ3v) is 4.77. The van der Waals surface area contributed by atoms with Crippen molar-refractivity contribution in [2.75, 3.05) is 6.54 Å². The molecule has 100 valence electrons. The molecule has 0 aliphatic heterocycles. The summed E-state index contributed by atoms with van der Waals surface area (Å²) >= 11 is 6.33. The van der Waals surface area contributed by atoms with Gasteiger partial charge in [-0.3, -0.25) is 0 Å². The van der Waals surface area contributed by atoms with E-state index in [9.17, 15) is 5.11 Å². The number of aromatic hydroxyl groups is 1. The summed E-state index contributed by atoms with van der Waals surface area (Å²) in [7, 11) is 0. The van der Waals surface area contributed by atoms with Gasteiger partial charge in [-0.15, -0.1) is 0 Å². The predicted octanol–water partition coefficient (Wildman–Crippen LogP) is 3.86. The normalized spacial score (nSPS) is 17.9. The molecular weight excluding hydrogens is 246 g/mol. The summed E-state index contributed by atoms with van der Waals surface area (Å²) < 4.78 is 0. The first-order valence-corrected chi connectivity index (χ1v) is 7.03. The van der Waals surface area contributed by atoms with Gasteiger partial charge in [0.1, 0.15) is 5.75 Å². The Kier molecular flexibility index (Phi) is 3.61. The van der Waals surface area contributed by atoms with Gasteiger partial charge in [0, 0.05) is 22.5 Å². The highest BCUT2D eigenvalue weighted by molar-refractivity contribution is 6.31. The van der Waals surface area contributed by atoms with E-state index in [2.05, 4.69) is 13.8 Å². The van der Waals surface area contributed by atoms with E-state index in [0.29, 0.717) is 12.3 Å². The van der Waals surface area contributed by atoms with Gasteiger partial charge in [0.05, 0.1) is 0 Å². The Morgan fingerprint density at radius 3 is 2.44 bits per heavy atom. The fourth-order valence-corrected chi connectivity index (χ4v) is 3.22. The third-order valence-electron chi connectivity index (χ3n) is 4.38. The lowest BCUT2D eigenvalue weighted by atomic mass is 9.62. The lowest BCUT2D eigenvalue weighted by Gasteiger charge is -2.43. The van der Waals surface area contributed by atoms with Crippen LogP contribution in [0.15, 0.2) is 6.07 Å². The summed E-state index contributed by atoms with van der Waals surface area (Å²) in [6.45, 7) is 6.71. The van der Waals surface area contributed by atoms with Crippen LogP contribution in [-0.4, -0.2) is 11.7 Å². The van der Waals surface area contributed by atoms with E-state index in [1.165, 1.54) is 6.42 Å². The van der Waals surface area contributed by atoms with Crippen molar-refractivity contribution in [3.63, 3.8) is 0 Å². The van der Waals surface area contributed by atoms with E-state index in [4.69, 9.17) is 17.3 Å². The van der Waals surface area contributed by atoms with Gasteiger partial charge in [-0.1, -0.05) is 31.9 Å². The molecule has 1 fully saturated rings. The molecule has 1 aromatic carbocycles. The molecule has 3 N–H and O–H groups in total. The van der Waals surface area contributed by atoms with Crippen molar-refractivity contribution >= 4 is 11.6 Å². The molecule has 1 aromatic rings. The first-order chi connectivity index (χ1) is 8.43. The summed E-state index contributed by atoms with van der Waals surface area (Å²) in [6, 6.07) is 1.89. The molecular formula is C15H22ClNO. The monoisotopic (exact) mass is 267 g/mol. The zero-order valence-electron chi connectivity index (χ0n) is 11.4. The maximum atomic E-state index is 10.6. The fraction of sp³-hybridized carbons (Fsp3) is 0.600. The molecule has 0 saturated heterocycles. The summed E-state index contributed by atoms with van der Waals surface area (Å²) in [6.07, 6.45) is 3.28. The van der Waals surface area contributed by atoms with Gasteiger partial charge in [-0.2, -0.15) is 0 Å². The number of hydrogen-bond acceptors (Lipinski definition) is 2. The van der Waals surface area contributed by atoms with Gasteiger partial charge in [0.2, 0.25) is 0 Å². The Balaban J connectivity index is 2.65. The highest BCUT2D eigenvalue weighted by Crippen LogP contribution is 2.50. The van der Waals surface area contributed by atoms with Crippen LogP contribution in [0.2, 0.25) is 5.02 Å². The second kappa shape index (κ2) is 4.75. The molecule has 0 spiro atoms. The van der Waals surface area contributed by atoms with Crippen molar-refractivity contribution < 1.29 is 5.11 Å². The standard InChI is InChI=1S/C15H22ClNO/c1-9(2)11-7-12(16)10(3)13(14(11)18)15(8-17)5-4-6-15/h7,9,18H,4-6,8,17H2,1-3H3. The number of nitrogens with two attached hydrogens (primary N) is 1. The van der Waals surface area contributed by atoms with Gasteiger partial charge in [-0.25, -0.2) is 0 Å². The molecule has 0 bridgehead atoms. The lowest BCUT2D eigenvalue weighted by molar-refractivity contribution is 0.243. The first kappa shape index (κ1) is 13.7. The minimum atomic E-state index is -0.0529. The van der Waals surface area contributed by atoms with Crippen LogP contribution < -0.4 is 5.73 Å². The number of phenolic OH excluding ortho intramolecular Hbond substituents is 1. The van der Waals surface area contributed by atoms with Gasteiger partial charge in [0.15, 0.2) is 0 Å². The number of hydrogen-bond donors (Lipinski definition) is 2. The molecule has 1 saturated carbocycles. The smallest absolute Gasteiger partial charge is 0.123 e. The minimum Gasteiger partial charge on any atom is -0.507 e. The Morgan fingerprint density at radius 2 is 2.06 bits per heavy atom. The van der Waals surface area contributed by atoms with E-state index in [0.717, 1.165) is 34.6 Å². The van der Waals surface area contributed by atoms with Crippen LogP contribution in [0.1, 0.15) is 55.7 Å². The van der Waals surface area contributed by atoms with Crippen LogP contribution in [0.4, 0.5) is 0 Å². The van der Waals surface area contributed by atoms with Crippen molar-refractivity contribution in [1.29, 1.82) is 0 Å². The molecule has 2 rings (SSSR count). The number of benzene rings is 1. The lowest BCUT2D eigenvalue weighted by Crippen LogP contribution is -2.42. The van der Waals surface area contributed by atoms with Crippen molar-refractivity contribution in [2.24, 2.45) is 5.73 Å². The van der Waals surface area contributed by atoms with Gasteiger partial charge < -0.3 is 10.8 Å². The largest absolute Gasteiger partial charge is 0.507 e. The van der Waals surface area contributed by atoms with Crippen molar-refractivity contribution in [2.45, 2.75) is 51.4 Å². The van der Waals surface area contributed by atoms with E-state index >= 15 is 0 Å². The molecule has 0 radical (unpaired) electrons. The van der Waals surface area contributed by atoms with Crippen LogP contribution in [-0.2, 0) is 5.41 Å². The average Bonchev–Trinajstić information content (AvgIpc) is 2.26. The van der Waals surface area contributed by atoms with E-state index < -0.39 is 0 Å². The fourth-order valence-electron chi connectivity index (χ4n) is 3.00. The minimum absolute atomic E-state index is 0.0529. The van der Waals surface area contributed by atoms with Crippen molar-refractivity contribution in [1.82, 2.24) is 0 Å². The molecule has 18 heavy (non-hydrogen) atoms. The zero-order chi connectivity index (χ0) is 13.5. The van der Waals surface area contributed by atoms with Gasteiger partial charge in [0.25, 0.3) is 0 Å². The SMILES string of the molecule is Cc1c(Cl)cc(C(C)C)c(O)c1C1(CN)CCC1. The molecule has 0 heterocycles. The zero-order valence-corrected chi connectivity index (χ0v) is 12.1. The Labute approximate surface area is 114 Å². The molecule has 0 atom stereocenters. The second-order valence-corrected chi connectivity index (χ2v) is 6.20. The van der Waals surface area contributed by atoms with Crippen LogP contribution in [0.25, 0.3) is 0 Å². The molecule has 1 aliphatic rings. The average molecular weight is 268 g/mol. The number of halogens is 1. The molecule has 3 heteroatoms. The number of rotatable bonds is 3. The summed E-state index contributed by atoms with van der Waals surface area (Å²) in [5.41, 5.74) is 8.82. The highest BCUT2D eigenvalue weighted by atomic mass is 35.5. The Morgan fingerprint density at radius 1 is 1.44 bits per heavy atom. The van der Waals surface area contributed by atoms with Crippen LogP contribution in [0, 0.1) is 6.92 Å². The van der Waals surface area contributed by atoms with Crippen molar-refractivity contribution in [3.8, 4) is 5.75 Å². The molecule has 1 aliphatic carbocycles. The quantitative estimate of drug-likeness (QED) is 0.874. The summed E-state index contributed by atoms with van der Waals surface area (Å²) in [5, 5.41) is 11.3. The van der Waals surface area contributed by atoms with E-state index in [1.54, 1.807) is 0 Å². The second-order valence-electron chi connectivity index (χ2n) is 5.79. The summed E-state index contributed by atoms with van der Waals surface area (Å²) in [5.74, 6) is 0.675. The maximum Gasteiger partial charge on any atom is 0.123 e. The van der Waals surface area contributed by atoms with E-state index in [-0.39, 0.29) is 11.3 Å². The third kappa shape index (κ3) is 1.92. The maximum absolute atomic E-state index is 10.6. The first-order valence-electron chi connectivity index (χ1n) is 6.65. The van der Waals surface area contributed by atoms with Gasteiger partial charge >= 0.3 is 0 Å². The molecule has 0 amide bonds. The van der Waals surface area contributed by atoms with Crippen LogP contribution in [0.5, 0.6) is 5.75 Å². The number of phenols is 1. The highest BCUT2D eigenvalue weighted by Gasteiger charge is 2.41.